The fraction of sp³-hybridized carbons (Fsp3) is 0.227. The lowest BCUT2D eigenvalue weighted by atomic mass is 10.1. The van der Waals surface area contributed by atoms with Gasteiger partial charge in [0.05, 0.1) is 17.1 Å². The van der Waals surface area contributed by atoms with Crippen molar-refractivity contribution in [2.24, 2.45) is 0 Å². The fourth-order valence-electron chi connectivity index (χ4n) is 2.89. The van der Waals surface area contributed by atoms with Gasteiger partial charge in [0.25, 0.3) is 0 Å². The Morgan fingerprint density at radius 2 is 1.89 bits per heavy atom. The van der Waals surface area contributed by atoms with Crippen molar-refractivity contribution in [3.8, 4) is 0 Å². The highest BCUT2D eigenvalue weighted by Gasteiger charge is 2.17. The number of carbonyl (C=O) groups is 2. The number of hydrogen-bond acceptors (Lipinski definition) is 4. The summed E-state index contributed by atoms with van der Waals surface area (Å²) < 4.78 is 0. The molecule has 27 heavy (non-hydrogen) atoms. The Balaban J connectivity index is 1.69. The highest BCUT2D eigenvalue weighted by Crippen LogP contribution is 2.16. The lowest BCUT2D eigenvalue weighted by molar-refractivity contribution is -0.132. The number of Topliss-reactive ketones (excluding diaryl/α,β-unsaturated/α-hetero) is 1. The van der Waals surface area contributed by atoms with E-state index in [4.69, 9.17) is 0 Å². The van der Waals surface area contributed by atoms with Gasteiger partial charge >= 0.3 is 0 Å². The number of aromatic nitrogens is 1. The predicted octanol–water partition coefficient (Wildman–Crippen LogP) is 4.64. The molecule has 2 aromatic heterocycles. The summed E-state index contributed by atoms with van der Waals surface area (Å²) in [4.78, 5) is 31.9. The lowest BCUT2D eigenvalue weighted by Gasteiger charge is -2.23. The molecule has 1 aromatic carbocycles. The van der Waals surface area contributed by atoms with Crippen molar-refractivity contribution >= 4 is 23.0 Å². The van der Waals surface area contributed by atoms with E-state index >= 15 is 0 Å². The second-order valence-corrected chi connectivity index (χ2v) is 7.41. The maximum absolute atomic E-state index is 12.9. The van der Waals surface area contributed by atoms with Crippen molar-refractivity contribution in [3.63, 3.8) is 0 Å². The molecule has 5 heteroatoms. The van der Waals surface area contributed by atoms with Crippen LogP contribution in [0.1, 0.15) is 39.3 Å². The molecule has 0 atom stereocenters. The van der Waals surface area contributed by atoms with Crippen molar-refractivity contribution in [1.82, 2.24) is 9.88 Å². The van der Waals surface area contributed by atoms with E-state index in [1.807, 2.05) is 54.8 Å². The number of ketones is 1. The van der Waals surface area contributed by atoms with Crippen LogP contribution in [-0.2, 0) is 17.9 Å². The lowest BCUT2D eigenvalue weighted by Crippen LogP contribution is -2.30. The molecule has 0 N–H and O–H groups in total. The van der Waals surface area contributed by atoms with Gasteiger partial charge in [0.15, 0.2) is 5.78 Å². The van der Waals surface area contributed by atoms with Gasteiger partial charge in [0, 0.05) is 25.6 Å². The Kier molecular flexibility index (Phi) is 6.49. The molecule has 2 heterocycles. The topological polar surface area (TPSA) is 50.3 Å². The summed E-state index contributed by atoms with van der Waals surface area (Å²) in [6.07, 6.45) is 2.16. The highest BCUT2D eigenvalue weighted by atomic mass is 32.1. The van der Waals surface area contributed by atoms with E-state index in [1.165, 1.54) is 11.3 Å². The Morgan fingerprint density at radius 1 is 1.00 bits per heavy atom. The second kappa shape index (κ2) is 9.24. The molecule has 0 saturated heterocycles. The first kappa shape index (κ1) is 19.0. The monoisotopic (exact) mass is 378 g/mol. The van der Waals surface area contributed by atoms with E-state index in [9.17, 15) is 9.59 Å². The molecule has 138 valence electrons. The molecule has 0 saturated carbocycles. The molecule has 0 aliphatic heterocycles. The number of benzene rings is 1. The Labute approximate surface area is 163 Å². The summed E-state index contributed by atoms with van der Waals surface area (Å²) in [5.41, 5.74) is 3.07. The number of thiophene rings is 1. The van der Waals surface area contributed by atoms with Crippen molar-refractivity contribution in [2.45, 2.75) is 32.9 Å². The number of amides is 1. The number of carbonyl (C=O) groups excluding carboxylic acids is 2. The van der Waals surface area contributed by atoms with E-state index in [1.54, 1.807) is 17.2 Å². The van der Waals surface area contributed by atoms with Gasteiger partial charge < -0.3 is 4.90 Å². The van der Waals surface area contributed by atoms with Gasteiger partial charge in [0.1, 0.15) is 0 Å². The average molecular weight is 378 g/mol. The van der Waals surface area contributed by atoms with Crippen LogP contribution in [0.4, 0.5) is 0 Å². The minimum Gasteiger partial charge on any atom is -0.332 e. The summed E-state index contributed by atoms with van der Waals surface area (Å²) in [6.45, 7) is 2.97. The Hall–Kier alpha value is -2.79. The molecular weight excluding hydrogens is 356 g/mol. The molecule has 3 rings (SSSR count). The molecule has 0 spiro atoms. The maximum atomic E-state index is 12.9. The normalized spacial score (nSPS) is 10.6. The second-order valence-electron chi connectivity index (χ2n) is 6.46. The Bertz CT molecular complexity index is 892. The number of nitrogens with zero attached hydrogens (tertiary/aromatic N) is 2. The molecule has 0 unspecified atom stereocenters. The van der Waals surface area contributed by atoms with E-state index in [-0.39, 0.29) is 24.5 Å². The van der Waals surface area contributed by atoms with E-state index < -0.39 is 0 Å². The van der Waals surface area contributed by atoms with Gasteiger partial charge in [-0.3, -0.25) is 14.6 Å². The molecular formula is C22H22N2O2S. The zero-order valence-corrected chi connectivity index (χ0v) is 16.1. The summed E-state index contributed by atoms with van der Waals surface area (Å²) in [6, 6.07) is 17.5. The van der Waals surface area contributed by atoms with Crippen molar-refractivity contribution < 1.29 is 9.59 Å². The number of rotatable bonds is 8. The van der Waals surface area contributed by atoms with Gasteiger partial charge in [-0.15, -0.1) is 11.3 Å². The van der Waals surface area contributed by atoms with Crippen LogP contribution in [-0.4, -0.2) is 21.6 Å². The van der Waals surface area contributed by atoms with E-state index in [2.05, 4.69) is 11.1 Å². The highest BCUT2D eigenvalue weighted by molar-refractivity contribution is 7.12. The zero-order chi connectivity index (χ0) is 19.1. The summed E-state index contributed by atoms with van der Waals surface area (Å²) >= 11 is 1.41. The fourth-order valence-corrected chi connectivity index (χ4v) is 3.58. The van der Waals surface area contributed by atoms with Gasteiger partial charge in [-0.1, -0.05) is 42.0 Å². The first-order valence-electron chi connectivity index (χ1n) is 8.92. The largest absolute Gasteiger partial charge is 0.332 e. The summed E-state index contributed by atoms with van der Waals surface area (Å²) in [7, 11) is 0. The first-order valence-corrected chi connectivity index (χ1v) is 9.80. The molecule has 0 radical (unpaired) electrons. The predicted molar refractivity (Wildman–Crippen MR) is 108 cm³/mol. The number of pyridine rings is 1. The smallest absolute Gasteiger partial charge is 0.223 e. The van der Waals surface area contributed by atoms with E-state index in [0.717, 1.165) is 16.8 Å². The third-order valence-corrected chi connectivity index (χ3v) is 5.16. The average Bonchev–Trinajstić information content (AvgIpc) is 3.21. The summed E-state index contributed by atoms with van der Waals surface area (Å²) in [5, 5.41) is 1.88. The van der Waals surface area contributed by atoms with Crippen LogP contribution in [0.2, 0.25) is 0 Å². The van der Waals surface area contributed by atoms with Gasteiger partial charge in [-0.25, -0.2) is 0 Å². The molecule has 0 bridgehead atoms. The van der Waals surface area contributed by atoms with Crippen LogP contribution >= 0.6 is 11.3 Å². The van der Waals surface area contributed by atoms with Gasteiger partial charge in [-0.05, 0) is 36.1 Å². The SMILES string of the molecule is Cc1cccc(CN(Cc2ccccn2)C(=O)CCC(=O)c2cccs2)c1. The van der Waals surface area contributed by atoms with Crippen LogP contribution in [0, 0.1) is 6.92 Å². The molecule has 0 aliphatic carbocycles. The molecule has 4 nitrogen and oxygen atoms in total. The quantitative estimate of drug-likeness (QED) is 0.537. The third-order valence-electron chi connectivity index (χ3n) is 4.25. The Morgan fingerprint density at radius 3 is 2.59 bits per heavy atom. The van der Waals surface area contributed by atoms with Crippen LogP contribution < -0.4 is 0 Å². The minimum absolute atomic E-state index is 0.0201. The zero-order valence-electron chi connectivity index (χ0n) is 15.3. The molecule has 3 aromatic rings. The third kappa shape index (κ3) is 5.59. The number of aryl methyl sites for hydroxylation is 1. The first-order chi connectivity index (χ1) is 13.1. The maximum Gasteiger partial charge on any atom is 0.223 e. The van der Waals surface area contributed by atoms with Crippen LogP contribution in [0.5, 0.6) is 0 Å². The standard InChI is InChI=1S/C22H22N2O2S/c1-17-6-4-7-18(14-17)15-24(16-19-8-2-3-12-23-19)22(26)11-10-20(25)21-9-5-13-27-21/h2-9,12-14H,10-11,15-16H2,1H3. The van der Waals surface area contributed by atoms with Crippen LogP contribution in [0.25, 0.3) is 0 Å². The molecule has 1 amide bonds. The van der Waals surface area contributed by atoms with Crippen LogP contribution in [0.15, 0.2) is 66.2 Å². The van der Waals surface area contributed by atoms with Crippen molar-refractivity contribution in [1.29, 1.82) is 0 Å². The van der Waals surface area contributed by atoms with E-state index in [0.29, 0.717) is 18.0 Å². The molecule has 0 aliphatic rings. The summed E-state index contributed by atoms with van der Waals surface area (Å²) in [5.74, 6) is -0.0150. The van der Waals surface area contributed by atoms with Gasteiger partial charge in [-0.2, -0.15) is 0 Å². The van der Waals surface area contributed by atoms with Crippen molar-refractivity contribution in [3.05, 3.63) is 87.9 Å². The van der Waals surface area contributed by atoms with Crippen LogP contribution in [0.3, 0.4) is 0 Å². The minimum atomic E-state index is -0.0351. The van der Waals surface area contributed by atoms with Crippen molar-refractivity contribution in [2.75, 3.05) is 0 Å². The number of hydrogen-bond donors (Lipinski definition) is 0. The molecule has 0 fully saturated rings. The van der Waals surface area contributed by atoms with Gasteiger partial charge in [0.2, 0.25) is 5.91 Å².